The van der Waals surface area contributed by atoms with Crippen molar-refractivity contribution >= 4 is 41.7 Å². The Morgan fingerprint density at radius 2 is 1.67 bits per heavy atom. The van der Waals surface area contributed by atoms with Crippen molar-refractivity contribution in [2.45, 2.75) is 132 Å². The zero-order valence-corrected chi connectivity index (χ0v) is 32.6. The number of carboxylic acid groups (broad SMARTS) is 1. The minimum absolute atomic E-state index is 0.117. The van der Waals surface area contributed by atoms with E-state index < -0.39 is 79.4 Å². The predicted molar refractivity (Wildman–Crippen MR) is 204 cm³/mol. The SMILES string of the molecule is CC(=O)N(C)C(CCCNC(=O)CCCCCNC(=O)CC(N)CCCN)CC(=O)N[C@@H]1[C@H](O)[C@@H](OC(N)=O)[C@@H](CO)O[C@H]1NC1=N[C@H](C(=O)O)[C@@H]([C@H](O)CN)N1. The van der Waals surface area contributed by atoms with E-state index in [2.05, 4.69) is 31.6 Å². The maximum absolute atomic E-state index is 13.5. The van der Waals surface area contributed by atoms with Crippen molar-refractivity contribution < 1.29 is 58.7 Å². The average molecular weight is 818 g/mol. The van der Waals surface area contributed by atoms with E-state index in [4.69, 9.17) is 32.4 Å². The van der Waals surface area contributed by atoms with Crippen molar-refractivity contribution in [3.05, 3.63) is 0 Å². The van der Waals surface area contributed by atoms with Gasteiger partial charge in [-0.3, -0.25) is 19.2 Å². The van der Waals surface area contributed by atoms with Gasteiger partial charge in [0.25, 0.3) is 0 Å². The van der Waals surface area contributed by atoms with Crippen LogP contribution in [0.15, 0.2) is 4.99 Å². The van der Waals surface area contributed by atoms with Gasteiger partial charge in [0.2, 0.25) is 23.6 Å². The van der Waals surface area contributed by atoms with Crippen LogP contribution in [0, 0.1) is 0 Å². The Hall–Kier alpha value is -4.39. The number of nitrogens with one attached hydrogen (secondary N) is 5. The number of nitrogens with zero attached hydrogens (tertiary/aromatic N) is 2. The van der Waals surface area contributed by atoms with E-state index >= 15 is 0 Å². The van der Waals surface area contributed by atoms with Gasteiger partial charge >= 0.3 is 12.1 Å². The van der Waals surface area contributed by atoms with Gasteiger partial charge in [-0.15, -0.1) is 0 Å². The molecule has 0 aromatic heterocycles. The lowest BCUT2D eigenvalue weighted by atomic mass is 9.95. The number of nitrogens with two attached hydrogens (primary N) is 4. The van der Waals surface area contributed by atoms with Gasteiger partial charge in [-0.1, -0.05) is 6.42 Å². The molecule has 0 aromatic carbocycles. The summed E-state index contributed by atoms with van der Waals surface area (Å²) in [4.78, 5) is 79.2. The Bertz CT molecular complexity index is 1360. The highest BCUT2D eigenvalue weighted by molar-refractivity contribution is 5.89. The zero-order chi connectivity index (χ0) is 42.7. The number of hydrogen-bond donors (Lipinski definition) is 13. The van der Waals surface area contributed by atoms with E-state index in [0.717, 1.165) is 12.8 Å². The number of aliphatic hydroxyl groups is 3. The summed E-state index contributed by atoms with van der Waals surface area (Å²) in [7, 11) is 1.51. The molecule has 0 saturated carbocycles. The number of aliphatic hydroxyl groups excluding tert-OH is 3. The van der Waals surface area contributed by atoms with Crippen LogP contribution in [0.3, 0.4) is 0 Å². The molecule has 0 bridgehead atoms. The molecular weight excluding hydrogens is 754 g/mol. The third-order valence-corrected chi connectivity index (χ3v) is 9.71. The number of carbonyl (C=O) groups is 6. The van der Waals surface area contributed by atoms with Gasteiger partial charge < -0.3 is 84.3 Å². The van der Waals surface area contributed by atoms with Crippen molar-refractivity contribution in [3.63, 3.8) is 0 Å². The Morgan fingerprint density at radius 1 is 0.982 bits per heavy atom. The summed E-state index contributed by atoms with van der Waals surface area (Å²) in [5.41, 5.74) is 22.1. The van der Waals surface area contributed by atoms with Gasteiger partial charge in [0.1, 0.15) is 18.2 Å². The van der Waals surface area contributed by atoms with Crippen LogP contribution in [0.2, 0.25) is 0 Å². The van der Waals surface area contributed by atoms with Gasteiger partial charge in [0, 0.05) is 65.0 Å². The summed E-state index contributed by atoms with van der Waals surface area (Å²) < 4.78 is 10.8. The van der Waals surface area contributed by atoms with Crippen LogP contribution in [0.5, 0.6) is 0 Å². The largest absolute Gasteiger partial charge is 0.480 e. The van der Waals surface area contributed by atoms with E-state index in [0.29, 0.717) is 45.2 Å². The number of rotatable bonds is 25. The van der Waals surface area contributed by atoms with Gasteiger partial charge in [-0.2, -0.15) is 0 Å². The maximum atomic E-state index is 13.5. The zero-order valence-electron chi connectivity index (χ0n) is 32.6. The molecule has 10 atom stereocenters. The van der Waals surface area contributed by atoms with E-state index in [1.807, 2.05) is 0 Å². The topological polar surface area (TPSA) is 382 Å². The summed E-state index contributed by atoms with van der Waals surface area (Å²) >= 11 is 0. The van der Waals surface area contributed by atoms with Gasteiger partial charge in [0.15, 0.2) is 24.3 Å². The average Bonchev–Trinajstić information content (AvgIpc) is 3.59. The molecule has 57 heavy (non-hydrogen) atoms. The van der Waals surface area contributed by atoms with Gasteiger partial charge in [-0.05, 0) is 45.1 Å². The molecule has 23 nitrogen and oxygen atoms in total. The van der Waals surface area contributed by atoms with Crippen LogP contribution < -0.4 is 49.5 Å². The molecule has 2 aliphatic heterocycles. The second kappa shape index (κ2) is 25.1. The highest BCUT2D eigenvalue weighted by atomic mass is 16.6. The number of hydrogen-bond acceptors (Lipinski definition) is 17. The molecule has 2 unspecified atom stereocenters. The molecule has 2 heterocycles. The maximum Gasteiger partial charge on any atom is 0.404 e. The van der Waals surface area contributed by atoms with Gasteiger partial charge in [0.05, 0.1) is 18.8 Å². The van der Waals surface area contributed by atoms with Gasteiger partial charge in [-0.25, -0.2) is 14.6 Å². The van der Waals surface area contributed by atoms with Crippen LogP contribution >= 0.6 is 0 Å². The minimum atomic E-state index is -1.74. The number of primary amides is 1. The monoisotopic (exact) mass is 817 g/mol. The second-order valence-corrected chi connectivity index (χ2v) is 14.2. The van der Waals surface area contributed by atoms with Crippen molar-refractivity contribution in [1.82, 2.24) is 31.5 Å². The van der Waals surface area contributed by atoms with Crippen molar-refractivity contribution in [3.8, 4) is 0 Å². The first-order valence-corrected chi connectivity index (χ1v) is 19.2. The molecule has 5 amide bonds. The Morgan fingerprint density at radius 3 is 2.28 bits per heavy atom. The highest BCUT2D eigenvalue weighted by Gasteiger charge is 2.49. The van der Waals surface area contributed by atoms with E-state index in [9.17, 15) is 49.2 Å². The highest BCUT2D eigenvalue weighted by Crippen LogP contribution is 2.24. The van der Waals surface area contributed by atoms with E-state index in [1.54, 1.807) is 0 Å². The summed E-state index contributed by atoms with van der Waals surface area (Å²) in [6.07, 6.45) is -4.23. The summed E-state index contributed by atoms with van der Waals surface area (Å²) in [5, 5.41) is 54.9. The fraction of sp³-hybridized carbons (Fsp3) is 0.794. The fourth-order valence-corrected chi connectivity index (χ4v) is 6.44. The quantitative estimate of drug-likeness (QED) is 0.0384. The normalized spacial score (nSPS) is 24.5. The third-order valence-electron chi connectivity index (χ3n) is 9.71. The summed E-state index contributed by atoms with van der Waals surface area (Å²) in [6, 6.07) is -4.92. The molecule has 2 aliphatic rings. The van der Waals surface area contributed by atoms with Crippen molar-refractivity contribution in [2.75, 3.05) is 39.8 Å². The number of unbranched alkanes of at least 4 members (excludes halogenated alkanes) is 2. The van der Waals surface area contributed by atoms with E-state index in [-0.39, 0.29) is 62.1 Å². The molecular formula is C34H63N11O12. The number of guanidine groups is 1. The molecule has 17 N–H and O–H groups in total. The Kier molecular flexibility index (Phi) is 21.4. The molecule has 1 saturated heterocycles. The number of carboxylic acids is 1. The first kappa shape index (κ1) is 48.8. The third kappa shape index (κ3) is 16.5. The van der Waals surface area contributed by atoms with E-state index in [1.165, 1.54) is 18.9 Å². The number of aliphatic carboxylic acids is 1. The van der Waals surface area contributed by atoms with Crippen LogP contribution in [0.1, 0.15) is 71.1 Å². The lowest BCUT2D eigenvalue weighted by molar-refractivity contribution is -0.198. The summed E-state index contributed by atoms with van der Waals surface area (Å²) in [6.45, 7) is 1.54. The number of aliphatic imine (C=N–C) groups is 1. The molecule has 326 valence electrons. The van der Waals surface area contributed by atoms with Crippen molar-refractivity contribution in [1.29, 1.82) is 0 Å². The number of carbonyl (C=O) groups excluding carboxylic acids is 5. The molecule has 0 aromatic rings. The van der Waals surface area contributed by atoms with Crippen LogP contribution in [0.25, 0.3) is 0 Å². The molecule has 0 aliphatic carbocycles. The standard InChI is InChI=1S/C34H63N11O12/c1-18(47)45(2)20(9-7-13-39-23(49)10-4-3-5-12-40-24(50)14-19(37)8-6-11-35)15-25(51)41-28-29(52)30(57-33(38)55)22(17-46)56-31(28)44-34-42-26(21(48)16-36)27(43-34)32(53)54/h19-22,26-31,46,48,52H,3-17,35-37H2,1-2H3,(H2,38,55)(H,39,49)(H,40,50)(H,41,51)(H,53,54)(H2,42,43,44)/t19?,20?,21-,22-,26-,27+,28-,29+,30+,31-/m1/s1. The molecule has 0 radical (unpaired) electrons. The smallest absolute Gasteiger partial charge is 0.404 e. The first-order chi connectivity index (χ1) is 27.0. The Labute approximate surface area is 331 Å². The molecule has 0 spiro atoms. The first-order valence-electron chi connectivity index (χ1n) is 19.2. The minimum Gasteiger partial charge on any atom is -0.480 e. The predicted octanol–water partition coefficient (Wildman–Crippen LogP) is -5.03. The number of amides is 5. The Balaban J connectivity index is 1.98. The van der Waals surface area contributed by atoms with Crippen LogP contribution in [-0.4, -0.2) is 168 Å². The molecule has 2 rings (SSSR count). The summed E-state index contributed by atoms with van der Waals surface area (Å²) in [5.74, 6) is -2.87. The second-order valence-electron chi connectivity index (χ2n) is 14.2. The fourth-order valence-electron chi connectivity index (χ4n) is 6.44. The lowest BCUT2D eigenvalue weighted by Crippen LogP contribution is -2.69. The lowest BCUT2D eigenvalue weighted by Gasteiger charge is -2.44. The molecule has 1 fully saturated rings. The van der Waals surface area contributed by atoms with Crippen LogP contribution in [0.4, 0.5) is 4.79 Å². The molecule has 23 heteroatoms. The van der Waals surface area contributed by atoms with Crippen LogP contribution in [-0.2, 0) is 33.4 Å². The van der Waals surface area contributed by atoms with Crippen molar-refractivity contribution in [2.24, 2.45) is 27.9 Å². The number of ether oxygens (including phenoxy) is 2.